The summed E-state index contributed by atoms with van der Waals surface area (Å²) in [5.41, 5.74) is 5.40. The Bertz CT molecular complexity index is 1740. The molecule has 3 aromatic carbocycles. The van der Waals surface area contributed by atoms with Crippen molar-refractivity contribution in [2.24, 2.45) is 5.92 Å². The number of fused-ring (bicyclic) bond motifs is 3. The van der Waals surface area contributed by atoms with Gasteiger partial charge in [0.1, 0.15) is 18.7 Å². The summed E-state index contributed by atoms with van der Waals surface area (Å²) < 4.78 is 23.2. The molecule has 302 valence electrons. The molecule has 5 atom stereocenters. The number of benzene rings is 3. The average Bonchev–Trinajstić information content (AvgIpc) is 3.50. The maximum Gasteiger partial charge on any atom is 0.407 e. The summed E-state index contributed by atoms with van der Waals surface area (Å²) in [5.74, 6) is -1.11. The Kier molecular flexibility index (Phi) is 15.7. The molecule has 11 nitrogen and oxygen atoms in total. The molecule has 3 amide bonds. The molecule has 0 unspecified atom stereocenters. The van der Waals surface area contributed by atoms with Gasteiger partial charge in [-0.25, -0.2) is 9.59 Å². The van der Waals surface area contributed by atoms with Crippen molar-refractivity contribution in [2.45, 2.75) is 102 Å². The van der Waals surface area contributed by atoms with E-state index in [1.807, 2.05) is 68.4 Å². The highest BCUT2D eigenvalue weighted by Gasteiger charge is 2.39. The number of carbonyl (C=O) groups is 4. The fourth-order valence-electron chi connectivity index (χ4n) is 6.86. The van der Waals surface area contributed by atoms with Crippen LogP contribution in [0.15, 0.2) is 78.9 Å². The van der Waals surface area contributed by atoms with Crippen LogP contribution >= 0.6 is 21.6 Å². The fourth-order valence-corrected chi connectivity index (χ4v) is 9.32. The van der Waals surface area contributed by atoms with Crippen LogP contribution in [0.1, 0.15) is 76.5 Å². The number of methoxy groups -OCH3 is 1. The van der Waals surface area contributed by atoms with E-state index in [2.05, 4.69) is 61.0 Å². The first-order valence-corrected chi connectivity index (χ1v) is 21.5. The summed E-state index contributed by atoms with van der Waals surface area (Å²) in [6.45, 7) is 10.7. The zero-order valence-electron chi connectivity index (χ0n) is 33.1. The second-order valence-corrected chi connectivity index (χ2v) is 18.7. The molecule has 0 aromatic heterocycles. The van der Waals surface area contributed by atoms with E-state index in [0.29, 0.717) is 25.0 Å². The molecule has 1 aliphatic heterocycles. The molecular formula is C43H55N3O8S2. The Morgan fingerprint density at radius 2 is 1.50 bits per heavy atom. The third-order valence-electron chi connectivity index (χ3n) is 9.52. The van der Waals surface area contributed by atoms with E-state index in [9.17, 15) is 19.2 Å². The maximum atomic E-state index is 13.8. The molecule has 1 saturated heterocycles. The van der Waals surface area contributed by atoms with Crippen molar-refractivity contribution in [1.82, 2.24) is 16.0 Å². The summed E-state index contributed by atoms with van der Waals surface area (Å²) in [6.07, 6.45) is -1.45. The zero-order chi connectivity index (χ0) is 40.2. The van der Waals surface area contributed by atoms with Crippen molar-refractivity contribution in [2.75, 3.05) is 26.0 Å². The van der Waals surface area contributed by atoms with E-state index in [4.69, 9.17) is 18.9 Å². The second kappa shape index (κ2) is 20.4. The summed E-state index contributed by atoms with van der Waals surface area (Å²) in [6, 6.07) is 24.1. The number of alkyl carbamates (subject to hydrolysis) is 1. The maximum absolute atomic E-state index is 13.8. The van der Waals surface area contributed by atoms with Crippen molar-refractivity contribution < 1.29 is 38.1 Å². The lowest BCUT2D eigenvalue weighted by atomic mass is 9.98. The van der Waals surface area contributed by atoms with Gasteiger partial charge >= 0.3 is 12.1 Å². The van der Waals surface area contributed by atoms with E-state index in [1.54, 1.807) is 10.8 Å². The van der Waals surface area contributed by atoms with Crippen molar-refractivity contribution in [3.8, 4) is 11.1 Å². The van der Waals surface area contributed by atoms with E-state index < -0.39 is 54.3 Å². The van der Waals surface area contributed by atoms with Gasteiger partial charge in [-0.3, -0.25) is 9.59 Å². The van der Waals surface area contributed by atoms with Crippen LogP contribution in [0.4, 0.5) is 4.79 Å². The number of hydrogen-bond acceptors (Lipinski definition) is 10. The second-order valence-electron chi connectivity index (χ2n) is 15.6. The molecule has 0 bridgehead atoms. The molecule has 1 heterocycles. The highest BCUT2D eigenvalue weighted by molar-refractivity contribution is 8.77. The fraction of sp³-hybridized carbons (Fsp3) is 0.488. The SMILES string of the molecule is COC(=O)[C@H](CC(C)C)NC(=O)[C@H]1O[C@H](CNC(=O)[C@H](CSSC(C)(C)C)NC(=O)OCC2c3ccccc3-c3ccccc32)CC[C@@H]1OCc1ccccc1. The Hall–Kier alpha value is -4.04. The van der Waals surface area contributed by atoms with E-state index in [1.165, 1.54) is 17.9 Å². The molecule has 3 aromatic rings. The van der Waals surface area contributed by atoms with Gasteiger partial charge in [0.25, 0.3) is 5.91 Å². The first-order chi connectivity index (χ1) is 26.8. The topological polar surface area (TPSA) is 141 Å². The highest BCUT2D eigenvalue weighted by atomic mass is 33.1. The Morgan fingerprint density at radius 3 is 2.12 bits per heavy atom. The molecule has 0 saturated carbocycles. The summed E-state index contributed by atoms with van der Waals surface area (Å²) in [7, 11) is 4.40. The monoisotopic (exact) mass is 805 g/mol. The number of amides is 3. The minimum absolute atomic E-state index is 0.0673. The molecular weight excluding hydrogens is 751 g/mol. The van der Waals surface area contributed by atoms with Crippen LogP contribution in [-0.2, 0) is 39.9 Å². The number of carbonyl (C=O) groups excluding carboxylic acids is 4. The van der Waals surface area contributed by atoms with Crippen molar-refractivity contribution in [1.29, 1.82) is 0 Å². The van der Waals surface area contributed by atoms with Gasteiger partial charge in [-0.05, 0) is 53.0 Å². The first-order valence-electron chi connectivity index (χ1n) is 19.2. The van der Waals surface area contributed by atoms with Crippen LogP contribution in [0.5, 0.6) is 0 Å². The van der Waals surface area contributed by atoms with Crippen molar-refractivity contribution in [3.05, 3.63) is 95.6 Å². The lowest BCUT2D eigenvalue weighted by Gasteiger charge is -2.36. The predicted molar refractivity (Wildman–Crippen MR) is 221 cm³/mol. The minimum atomic E-state index is -1.04. The van der Waals surface area contributed by atoms with Crippen molar-refractivity contribution in [3.63, 3.8) is 0 Å². The third kappa shape index (κ3) is 12.2. The van der Waals surface area contributed by atoms with Crippen LogP contribution in [0, 0.1) is 5.92 Å². The molecule has 13 heteroatoms. The number of ether oxygens (including phenoxy) is 4. The summed E-state index contributed by atoms with van der Waals surface area (Å²) in [5, 5.41) is 8.59. The Balaban J connectivity index is 1.22. The van der Waals surface area contributed by atoms with Gasteiger partial charge in [0.2, 0.25) is 5.91 Å². The standard InChI is InChI=1S/C43H55N3O8S2/c1-27(2)22-35(41(49)51-6)45-40(48)38-37(52-24-28-14-8-7-9-15-28)21-20-29(54-38)23-44-39(47)36(26-55-56-43(3,4)5)46-42(50)53-25-34-32-18-12-10-16-30(32)31-17-11-13-19-33(31)34/h7-19,27,29,34-38H,20-26H2,1-6H3,(H,44,47)(H,45,48)(H,46,50)/t29-,35-,36-,37-,38-/m0/s1. The Morgan fingerprint density at radius 1 is 0.857 bits per heavy atom. The van der Waals surface area contributed by atoms with Crippen LogP contribution in [0.2, 0.25) is 0 Å². The van der Waals surface area contributed by atoms with E-state index in [0.717, 1.165) is 27.8 Å². The number of rotatable bonds is 17. The van der Waals surface area contributed by atoms with Crippen LogP contribution in [0.25, 0.3) is 11.1 Å². The quantitative estimate of drug-likeness (QED) is 0.0963. The molecule has 2 aliphatic rings. The zero-order valence-corrected chi connectivity index (χ0v) is 34.7. The molecule has 56 heavy (non-hydrogen) atoms. The van der Waals surface area contributed by atoms with Gasteiger partial charge in [0.15, 0.2) is 6.10 Å². The van der Waals surface area contributed by atoms with Gasteiger partial charge in [-0.2, -0.15) is 0 Å². The van der Waals surface area contributed by atoms with E-state index in [-0.39, 0.29) is 36.3 Å². The smallest absolute Gasteiger partial charge is 0.407 e. The van der Waals surface area contributed by atoms with Gasteiger partial charge < -0.3 is 34.9 Å². The van der Waals surface area contributed by atoms with Gasteiger partial charge in [0, 0.05) is 23.0 Å². The van der Waals surface area contributed by atoms with Gasteiger partial charge in [0.05, 0.1) is 25.9 Å². The van der Waals surface area contributed by atoms with E-state index >= 15 is 0 Å². The molecule has 3 N–H and O–H groups in total. The molecule has 0 spiro atoms. The molecule has 1 fully saturated rings. The molecule has 1 aliphatic carbocycles. The normalized spacial score (nSPS) is 18.9. The summed E-state index contributed by atoms with van der Waals surface area (Å²) >= 11 is 0. The molecule has 0 radical (unpaired) electrons. The highest BCUT2D eigenvalue weighted by Crippen LogP contribution is 2.44. The third-order valence-corrected chi connectivity index (χ3v) is 12.9. The lowest BCUT2D eigenvalue weighted by molar-refractivity contribution is -0.169. The number of nitrogens with one attached hydrogen (secondary N) is 3. The predicted octanol–water partition coefficient (Wildman–Crippen LogP) is 7.03. The van der Waals surface area contributed by atoms with Gasteiger partial charge in [-0.15, -0.1) is 0 Å². The van der Waals surface area contributed by atoms with Crippen LogP contribution in [-0.4, -0.2) is 85.0 Å². The lowest BCUT2D eigenvalue weighted by Crippen LogP contribution is -2.56. The molecule has 5 rings (SSSR count). The van der Waals surface area contributed by atoms with Crippen LogP contribution in [0.3, 0.4) is 0 Å². The largest absolute Gasteiger partial charge is 0.467 e. The Labute approximate surface area is 338 Å². The minimum Gasteiger partial charge on any atom is -0.467 e. The van der Waals surface area contributed by atoms with Gasteiger partial charge in [-0.1, -0.05) is 135 Å². The summed E-state index contributed by atoms with van der Waals surface area (Å²) in [4.78, 5) is 53.4. The van der Waals surface area contributed by atoms with Crippen molar-refractivity contribution >= 4 is 45.5 Å². The van der Waals surface area contributed by atoms with Crippen LogP contribution < -0.4 is 16.0 Å². The first kappa shape index (κ1) is 43.1. The number of esters is 1. The average molecular weight is 806 g/mol. The number of hydrogen-bond donors (Lipinski definition) is 3.